The standard InChI is InChI=1S/C23H33N3O3/c1-17(2)26-10-11-28-16-23(15-26)9-8-20(29-23)14-24-13-19-12-18-6-4-5-7-21(18)25-22(19)27-3/h4-7,12,17,20,24H,8-11,13-16H2,1-3H3/t20-,23-/m1/s1. The van der Waals surface area contributed by atoms with E-state index in [0.717, 1.165) is 55.5 Å². The van der Waals surface area contributed by atoms with Gasteiger partial charge in [-0.25, -0.2) is 4.98 Å². The third kappa shape index (κ3) is 4.72. The Bertz CT molecular complexity index is 828. The Morgan fingerprint density at radius 3 is 3.03 bits per heavy atom. The maximum Gasteiger partial charge on any atom is 0.218 e. The molecule has 0 radical (unpaired) electrons. The highest BCUT2D eigenvalue weighted by atomic mass is 16.6. The van der Waals surface area contributed by atoms with Crippen molar-refractivity contribution in [1.82, 2.24) is 15.2 Å². The second-order valence-electron chi connectivity index (χ2n) is 8.56. The van der Waals surface area contributed by atoms with Crippen LogP contribution in [0, 0.1) is 0 Å². The molecule has 2 aromatic rings. The van der Waals surface area contributed by atoms with Crippen LogP contribution in [-0.4, -0.2) is 67.6 Å². The predicted molar refractivity (Wildman–Crippen MR) is 114 cm³/mol. The van der Waals surface area contributed by atoms with Crippen molar-refractivity contribution in [1.29, 1.82) is 0 Å². The van der Waals surface area contributed by atoms with E-state index in [9.17, 15) is 0 Å². The van der Waals surface area contributed by atoms with Gasteiger partial charge in [0, 0.05) is 43.2 Å². The molecule has 3 heterocycles. The minimum absolute atomic E-state index is 0.157. The van der Waals surface area contributed by atoms with E-state index in [2.05, 4.69) is 41.2 Å². The van der Waals surface area contributed by atoms with Gasteiger partial charge in [0.2, 0.25) is 5.88 Å². The van der Waals surface area contributed by atoms with Gasteiger partial charge >= 0.3 is 0 Å². The van der Waals surface area contributed by atoms with Gasteiger partial charge < -0.3 is 19.5 Å². The number of hydrogen-bond acceptors (Lipinski definition) is 6. The third-order valence-corrected chi connectivity index (χ3v) is 6.09. The first-order valence-corrected chi connectivity index (χ1v) is 10.7. The van der Waals surface area contributed by atoms with Crippen molar-refractivity contribution in [2.75, 3.05) is 40.0 Å². The smallest absolute Gasteiger partial charge is 0.218 e. The summed E-state index contributed by atoms with van der Waals surface area (Å²) in [5.74, 6) is 0.685. The van der Waals surface area contributed by atoms with E-state index in [1.165, 1.54) is 0 Å². The van der Waals surface area contributed by atoms with Crippen molar-refractivity contribution in [3.63, 3.8) is 0 Å². The molecule has 1 N–H and O–H groups in total. The number of nitrogens with zero attached hydrogens (tertiary/aromatic N) is 2. The lowest BCUT2D eigenvalue weighted by Crippen LogP contribution is -2.47. The minimum Gasteiger partial charge on any atom is -0.481 e. The largest absolute Gasteiger partial charge is 0.481 e. The summed E-state index contributed by atoms with van der Waals surface area (Å²) < 4.78 is 17.9. The van der Waals surface area contributed by atoms with E-state index in [-0.39, 0.29) is 11.7 Å². The molecule has 0 amide bonds. The molecule has 2 fully saturated rings. The van der Waals surface area contributed by atoms with Crippen LogP contribution < -0.4 is 10.1 Å². The number of rotatable bonds is 6. The van der Waals surface area contributed by atoms with Crippen LogP contribution in [0.4, 0.5) is 0 Å². The summed E-state index contributed by atoms with van der Waals surface area (Å²) in [4.78, 5) is 7.11. The number of fused-ring (bicyclic) bond motifs is 1. The fraction of sp³-hybridized carbons (Fsp3) is 0.609. The van der Waals surface area contributed by atoms with Crippen LogP contribution in [0.1, 0.15) is 32.3 Å². The van der Waals surface area contributed by atoms with E-state index < -0.39 is 0 Å². The van der Waals surface area contributed by atoms with Gasteiger partial charge in [-0.15, -0.1) is 0 Å². The monoisotopic (exact) mass is 399 g/mol. The molecule has 6 heteroatoms. The van der Waals surface area contributed by atoms with Crippen LogP contribution in [-0.2, 0) is 16.0 Å². The van der Waals surface area contributed by atoms with Crippen LogP contribution in [0.25, 0.3) is 10.9 Å². The van der Waals surface area contributed by atoms with Crippen LogP contribution >= 0.6 is 0 Å². The van der Waals surface area contributed by atoms with Crippen LogP contribution in [0.15, 0.2) is 30.3 Å². The second-order valence-corrected chi connectivity index (χ2v) is 8.56. The molecular weight excluding hydrogens is 366 g/mol. The normalized spacial score (nSPS) is 25.7. The number of nitrogens with one attached hydrogen (secondary N) is 1. The molecule has 2 atom stereocenters. The summed E-state index contributed by atoms with van der Waals surface area (Å²) in [5, 5.41) is 4.69. The number of aromatic nitrogens is 1. The molecule has 29 heavy (non-hydrogen) atoms. The highest BCUT2D eigenvalue weighted by Gasteiger charge is 2.43. The van der Waals surface area contributed by atoms with E-state index >= 15 is 0 Å². The van der Waals surface area contributed by atoms with Crippen LogP contribution in [0.5, 0.6) is 5.88 Å². The van der Waals surface area contributed by atoms with Crippen molar-refractivity contribution in [2.45, 2.75) is 51.0 Å². The maximum absolute atomic E-state index is 6.54. The first-order valence-electron chi connectivity index (χ1n) is 10.7. The molecular formula is C23H33N3O3. The average Bonchev–Trinajstić information content (AvgIpc) is 2.99. The average molecular weight is 400 g/mol. The number of para-hydroxylation sites is 1. The number of benzene rings is 1. The molecule has 0 saturated carbocycles. The highest BCUT2D eigenvalue weighted by molar-refractivity contribution is 5.80. The summed E-state index contributed by atoms with van der Waals surface area (Å²) in [7, 11) is 1.68. The lowest BCUT2D eigenvalue weighted by atomic mass is 9.99. The molecule has 158 valence electrons. The molecule has 0 unspecified atom stereocenters. The van der Waals surface area contributed by atoms with Gasteiger partial charge in [0.1, 0.15) is 5.60 Å². The van der Waals surface area contributed by atoms with Gasteiger partial charge in [0.05, 0.1) is 31.9 Å². The molecule has 1 aromatic heterocycles. The molecule has 0 aliphatic carbocycles. The summed E-state index contributed by atoms with van der Waals surface area (Å²) in [6.45, 7) is 9.47. The lowest BCUT2D eigenvalue weighted by molar-refractivity contribution is -0.0866. The van der Waals surface area contributed by atoms with Crippen molar-refractivity contribution < 1.29 is 14.2 Å². The van der Waals surface area contributed by atoms with Gasteiger partial charge in [0.25, 0.3) is 0 Å². The molecule has 6 nitrogen and oxygen atoms in total. The predicted octanol–water partition coefficient (Wildman–Crippen LogP) is 2.99. The van der Waals surface area contributed by atoms with Gasteiger partial charge in [-0.05, 0) is 38.8 Å². The number of hydrogen-bond donors (Lipinski definition) is 1. The fourth-order valence-corrected chi connectivity index (χ4v) is 4.45. The molecule has 1 spiro atoms. The van der Waals surface area contributed by atoms with Crippen molar-refractivity contribution in [3.05, 3.63) is 35.9 Å². The van der Waals surface area contributed by atoms with Gasteiger partial charge in [-0.2, -0.15) is 0 Å². The Morgan fingerprint density at radius 1 is 1.34 bits per heavy atom. The van der Waals surface area contributed by atoms with E-state index in [4.69, 9.17) is 14.2 Å². The fourth-order valence-electron chi connectivity index (χ4n) is 4.45. The van der Waals surface area contributed by atoms with Crippen molar-refractivity contribution >= 4 is 10.9 Å². The summed E-state index contributed by atoms with van der Waals surface area (Å²) in [6.07, 6.45) is 2.34. The van der Waals surface area contributed by atoms with Crippen LogP contribution in [0.2, 0.25) is 0 Å². The zero-order valence-electron chi connectivity index (χ0n) is 17.8. The van der Waals surface area contributed by atoms with Crippen molar-refractivity contribution in [3.8, 4) is 5.88 Å². The summed E-state index contributed by atoms with van der Waals surface area (Å²) >= 11 is 0. The molecule has 2 aliphatic heterocycles. The maximum atomic E-state index is 6.54. The molecule has 2 aliphatic rings. The zero-order chi connectivity index (χ0) is 20.3. The van der Waals surface area contributed by atoms with E-state index in [1.54, 1.807) is 7.11 Å². The number of pyridine rings is 1. The molecule has 2 saturated heterocycles. The second kappa shape index (κ2) is 8.96. The van der Waals surface area contributed by atoms with Gasteiger partial charge in [-0.3, -0.25) is 4.90 Å². The molecule has 4 rings (SSSR count). The SMILES string of the molecule is COc1nc2ccccc2cc1CNC[C@H]1CC[C@@]2(COCCN(C(C)C)C2)O1. The quantitative estimate of drug-likeness (QED) is 0.806. The first-order chi connectivity index (χ1) is 14.1. The van der Waals surface area contributed by atoms with Crippen molar-refractivity contribution in [2.24, 2.45) is 0 Å². The summed E-state index contributed by atoms with van der Waals surface area (Å²) in [6, 6.07) is 10.8. The highest BCUT2D eigenvalue weighted by Crippen LogP contribution is 2.33. The third-order valence-electron chi connectivity index (χ3n) is 6.09. The Kier molecular flexibility index (Phi) is 6.35. The summed E-state index contributed by atoms with van der Waals surface area (Å²) in [5.41, 5.74) is 1.87. The zero-order valence-corrected chi connectivity index (χ0v) is 17.8. The molecule has 0 bridgehead atoms. The van der Waals surface area contributed by atoms with E-state index in [0.29, 0.717) is 25.1 Å². The minimum atomic E-state index is -0.157. The topological polar surface area (TPSA) is 55.8 Å². The van der Waals surface area contributed by atoms with Gasteiger partial charge in [0.15, 0.2) is 0 Å². The Labute approximate surface area is 173 Å². The first kappa shape index (κ1) is 20.5. The van der Waals surface area contributed by atoms with E-state index in [1.807, 2.05) is 18.2 Å². The number of methoxy groups -OCH3 is 1. The Balaban J connectivity index is 1.35. The Morgan fingerprint density at radius 2 is 2.21 bits per heavy atom. The molecule has 1 aromatic carbocycles. The Hall–Kier alpha value is -1.73. The number of ether oxygens (including phenoxy) is 3. The van der Waals surface area contributed by atoms with Gasteiger partial charge in [-0.1, -0.05) is 18.2 Å². The van der Waals surface area contributed by atoms with Crippen LogP contribution in [0.3, 0.4) is 0 Å². The lowest BCUT2D eigenvalue weighted by Gasteiger charge is -2.34.